The fraction of sp³-hybridized carbons (Fsp3) is 0.238. The number of fused-ring (bicyclic) bond motifs is 1. The smallest absolute Gasteiger partial charge is 0.341 e. The van der Waals surface area contributed by atoms with E-state index in [1.807, 2.05) is 0 Å². The highest BCUT2D eigenvalue weighted by molar-refractivity contribution is 5.99. The number of benzene rings is 1. The van der Waals surface area contributed by atoms with Crippen molar-refractivity contribution in [3.63, 3.8) is 0 Å². The zero-order valence-electron chi connectivity index (χ0n) is 16.7. The van der Waals surface area contributed by atoms with E-state index in [4.69, 9.17) is 12.3 Å². The molecular weight excluding hydrogens is 422 g/mol. The van der Waals surface area contributed by atoms with Gasteiger partial charge in [0.25, 0.3) is 0 Å². The molecule has 1 aliphatic rings. The van der Waals surface area contributed by atoms with Crippen molar-refractivity contribution >= 4 is 39.8 Å². The Morgan fingerprint density at radius 2 is 2.00 bits per heavy atom. The Balaban J connectivity index is 1.66. The lowest BCUT2D eigenvalue weighted by Crippen LogP contribution is -2.22. The van der Waals surface area contributed by atoms with Crippen LogP contribution in [0.3, 0.4) is 0 Å². The number of aromatic nitrogens is 2. The van der Waals surface area contributed by atoms with E-state index >= 15 is 4.39 Å². The molecule has 2 heterocycles. The highest BCUT2D eigenvalue weighted by atomic mass is 19.1. The molecule has 5 N–H and O–H groups in total. The number of hydrogen-bond acceptors (Lipinski definition) is 6. The van der Waals surface area contributed by atoms with E-state index in [1.165, 1.54) is 10.8 Å². The minimum absolute atomic E-state index is 0.0892. The van der Waals surface area contributed by atoms with Gasteiger partial charge in [0.15, 0.2) is 11.6 Å². The zero-order valence-corrected chi connectivity index (χ0v) is 16.7. The Bertz CT molecular complexity index is 1330. The van der Waals surface area contributed by atoms with Crippen molar-refractivity contribution in [3.8, 4) is 0 Å². The summed E-state index contributed by atoms with van der Waals surface area (Å²) in [7, 11) is 0. The summed E-state index contributed by atoms with van der Waals surface area (Å²) in [5.41, 5.74) is 3.29. The van der Waals surface area contributed by atoms with Crippen molar-refractivity contribution in [3.05, 3.63) is 63.4 Å². The van der Waals surface area contributed by atoms with E-state index in [0.29, 0.717) is 24.3 Å². The van der Waals surface area contributed by atoms with Gasteiger partial charge in [0.2, 0.25) is 11.1 Å². The number of pyridine rings is 2. The van der Waals surface area contributed by atoms with E-state index in [1.54, 1.807) is 12.1 Å². The van der Waals surface area contributed by atoms with Crippen LogP contribution in [-0.4, -0.2) is 33.7 Å². The minimum Gasteiger partial charge on any atom is -0.477 e. The van der Waals surface area contributed by atoms with Crippen LogP contribution in [0.4, 0.5) is 31.7 Å². The third-order valence-corrected chi connectivity index (χ3v) is 5.17. The zero-order chi connectivity index (χ0) is 23.0. The van der Waals surface area contributed by atoms with E-state index in [2.05, 4.69) is 20.5 Å². The van der Waals surface area contributed by atoms with Crippen LogP contribution in [0.1, 0.15) is 29.2 Å². The minimum atomic E-state index is -1.49. The molecule has 0 saturated heterocycles. The van der Waals surface area contributed by atoms with Crippen LogP contribution in [0.5, 0.6) is 0 Å². The van der Waals surface area contributed by atoms with E-state index in [9.17, 15) is 19.1 Å². The van der Waals surface area contributed by atoms with Crippen LogP contribution in [-0.2, 0) is 0 Å². The number of nitrogen functional groups attached to an aromatic ring is 1. The standard InChI is InChI=1S/C21H18F2N6O3/c1-25-10-2-5-13(28-8-10)26-6-7-27-18-15(22)17(24)14-19(16(18)23)29(11-3-4-11)9-12(20(14)30)21(31)32/h2,5,8-9,11,27H,3-4,6-7,24H2,(H,26,28)(H,31,32). The lowest BCUT2D eigenvalue weighted by atomic mass is 10.1. The number of aromatic carboxylic acids is 1. The van der Waals surface area contributed by atoms with Gasteiger partial charge in [-0.1, -0.05) is 6.07 Å². The summed E-state index contributed by atoms with van der Waals surface area (Å²) in [6.07, 6.45) is 3.85. The molecule has 0 amide bonds. The Hall–Kier alpha value is -4.20. The maximum absolute atomic E-state index is 15.4. The molecule has 0 spiro atoms. The summed E-state index contributed by atoms with van der Waals surface area (Å²) in [5.74, 6) is -3.16. The number of carboxylic acids is 1. The highest BCUT2D eigenvalue weighted by Gasteiger charge is 2.31. The SMILES string of the molecule is [C-]#[N+]c1ccc(NCCNc2c(F)c(N)c3c(=O)c(C(=O)O)cn(C4CC4)c3c2F)nc1. The molecule has 1 aliphatic carbocycles. The van der Waals surface area contributed by atoms with Crippen LogP contribution in [0, 0.1) is 18.2 Å². The van der Waals surface area contributed by atoms with Crippen LogP contribution < -0.4 is 21.8 Å². The van der Waals surface area contributed by atoms with Crippen molar-refractivity contribution in [2.75, 3.05) is 29.5 Å². The molecule has 11 heteroatoms. The summed E-state index contributed by atoms with van der Waals surface area (Å²) < 4.78 is 31.6. The number of nitrogens with one attached hydrogen (secondary N) is 2. The van der Waals surface area contributed by atoms with Gasteiger partial charge in [-0.15, -0.1) is 0 Å². The molecule has 32 heavy (non-hydrogen) atoms. The van der Waals surface area contributed by atoms with Crippen molar-refractivity contribution < 1.29 is 18.7 Å². The molecule has 1 aromatic carbocycles. The molecule has 0 radical (unpaired) electrons. The number of nitrogens with two attached hydrogens (primary N) is 1. The van der Waals surface area contributed by atoms with Crippen LogP contribution in [0.25, 0.3) is 15.7 Å². The average molecular weight is 440 g/mol. The first-order chi connectivity index (χ1) is 15.3. The summed E-state index contributed by atoms with van der Waals surface area (Å²) in [6.45, 7) is 7.24. The first-order valence-corrected chi connectivity index (χ1v) is 9.73. The molecule has 1 fully saturated rings. The Labute approximate surface area is 180 Å². The number of carbonyl (C=O) groups is 1. The van der Waals surface area contributed by atoms with Crippen molar-refractivity contribution in [2.24, 2.45) is 0 Å². The van der Waals surface area contributed by atoms with Gasteiger partial charge in [-0.3, -0.25) is 9.78 Å². The Morgan fingerprint density at radius 1 is 1.28 bits per heavy atom. The first-order valence-electron chi connectivity index (χ1n) is 9.73. The van der Waals surface area contributed by atoms with Gasteiger partial charge in [-0.05, 0) is 18.9 Å². The topological polar surface area (TPSA) is 127 Å². The van der Waals surface area contributed by atoms with Gasteiger partial charge >= 0.3 is 5.97 Å². The predicted octanol–water partition coefficient (Wildman–Crippen LogP) is 3.36. The maximum atomic E-state index is 15.4. The average Bonchev–Trinajstić information content (AvgIpc) is 3.62. The number of carboxylic acid groups (broad SMARTS) is 1. The number of anilines is 3. The normalized spacial score (nSPS) is 13.0. The second-order valence-electron chi connectivity index (χ2n) is 7.32. The molecule has 9 nitrogen and oxygen atoms in total. The number of rotatable bonds is 7. The molecule has 164 valence electrons. The second kappa shape index (κ2) is 8.14. The molecular formula is C21H18F2N6O3. The summed E-state index contributed by atoms with van der Waals surface area (Å²) in [6, 6.07) is 3.01. The largest absolute Gasteiger partial charge is 0.477 e. The second-order valence-corrected chi connectivity index (χ2v) is 7.32. The summed E-state index contributed by atoms with van der Waals surface area (Å²) in [4.78, 5) is 31.3. The third-order valence-electron chi connectivity index (χ3n) is 5.17. The summed E-state index contributed by atoms with van der Waals surface area (Å²) in [5, 5.41) is 14.5. The maximum Gasteiger partial charge on any atom is 0.341 e. The summed E-state index contributed by atoms with van der Waals surface area (Å²) >= 11 is 0. The van der Waals surface area contributed by atoms with Gasteiger partial charge in [0.05, 0.1) is 23.2 Å². The van der Waals surface area contributed by atoms with Crippen LogP contribution >= 0.6 is 0 Å². The Kier molecular flexibility index (Phi) is 5.36. The van der Waals surface area contributed by atoms with Gasteiger partial charge in [-0.2, -0.15) is 0 Å². The molecule has 0 unspecified atom stereocenters. The van der Waals surface area contributed by atoms with E-state index < -0.39 is 45.4 Å². The molecule has 3 aromatic rings. The van der Waals surface area contributed by atoms with Gasteiger partial charge in [-0.25, -0.2) is 18.4 Å². The number of halogens is 2. The van der Waals surface area contributed by atoms with Crippen LogP contribution in [0.15, 0.2) is 29.3 Å². The quantitative estimate of drug-likeness (QED) is 0.252. The lowest BCUT2D eigenvalue weighted by molar-refractivity contribution is 0.0695. The van der Waals surface area contributed by atoms with Gasteiger partial charge in [0.1, 0.15) is 17.1 Å². The number of hydrogen-bond donors (Lipinski definition) is 4. The van der Waals surface area contributed by atoms with Crippen molar-refractivity contribution in [1.29, 1.82) is 0 Å². The molecule has 4 rings (SSSR count). The van der Waals surface area contributed by atoms with Gasteiger partial charge in [0, 0.05) is 31.5 Å². The highest BCUT2D eigenvalue weighted by Crippen LogP contribution is 2.40. The molecule has 1 saturated carbocycles. The first kappa shape index (κ1) is 21.0. The monoisotopic (exact) mass is 440 g/mol. The Morgan fingerprint density at radius 3 is 2.59 bits per heavy atom. The third kappa shape index (κ3) is 3.66. The predicted molar refractivity (Wildman–Crippen MR) is 115 cm³/mol. The molecule has 0 bridgehead atoms. The molecule has 0 aliphatic heterocycles. The molecule has 0 atom stereocenters. The van der Waals surface area contributed by atoms with Crippen LogP contribution in [0.2, 0.25) is 0 Å². The van der Waals surface area contributed by atoms with Crippen molar-refractivity contribution in [1.82, 2.24) is 9.55 Å². The van der Waals surface area contributed by atoms with E-state index in [0.717, 1.165) is 6.20 Å². The van der Waals surface area contributed by atoms with Gasteiger partial charge < -0.3 is 26.0 Å². The fourth-order valence-electron chi connectivity index (χ4n) is 3.45. The number of nitrogens with zero attached hydrogens (tertiary/aromatic N) is 3. The van der Waals surface area contributed by atoms with E-state index in [-0.39, 0.29) is 24.6 Å². The van der Waals surface area contributed by atoms with Crippen molar-refractivity contribution in [2.45, 2.75) is 18.9 Å². The lowest BCUT2D eigenvalue weighted by Gasteiger charge is -2.18. The fourth-order valence-corrected chi connectivity index (χ4v) is 3.45. The molecule has 2 aromatic heterocycles.